The molecule has 4 aromatic carbocycles. The monoisotopic (exact) mass is 907 g/mol. The van der Waals surface area contributed by atoms with Gasteiger partial charge in [0, 0.05) is 37.8 Å². The van der Waals surface area contributed by atoms with Crippen LogP contribution in [0.5, 0.6) is 0 Å². The maximum Gasteiger partial charge on any atom is 2.00 e. The second-order valence-electron chi connectivity index (χ2n) is 12.1. The number of benzene rings is 4. The number of nitrogens with zero attached hydrogens (tertiary/aromatic N) is 4. The summed E-state index contributed by atoms with van der Waals surface area (Å²) in [6.45, 7) is 1.20. The molecule has 0 bridgehead atoms. The molecule has 2 aromatic heterocycles. The molecule has 2 fully saturated rings. The molecule has 2 aliphatic carbocycles. The van der Waals surface area contributed by atoms with Gasteiger partial charge in [-0.2, -0.15) is 0 Å². The van der Waals surface area contributed by atoms with Crippen LogP contribution in [0.2, 0.25) is 0 Å². The van der Waals surface area contributed by atoms with Crippen molar-refractivity contribution in [3.8, 4) is 0 Å². The first-order valence-electron chi connectivity index (χ1n) is 17.4. The van der Waals surface area contributed by atoms with E-state index in [-0.39, 0.29) is 49.9 Å². The van der Waals surface area contributed by atoms with Crippen molar-refractivity contribution in [3.63, 3.8) is 0 Å². The van der Waals surface area contributed by atoms with E-state index in [1.807, 2.05) is 48.8 Å². The molecular formula is C46H40ClFeN4P2Pd+3. The summed E-state index contributed by atoms with van der Waals surface area (Å²) in [7, 11) is -4.17. The Hall–Kier alpha value is -2.89. The van der Waals surface area contributed by atoms with Gasteiger partial charge in [-0.15, -0.1) is 0 Å². The smallest absolute Gasteiger partial charge is 1.00 e. The predicted molar refractivity (Wildman–Crippen MR) is 220 cm³/mol. The molecule has 0 amide bonds. The van der Waals surface area contributed by atoms with Crippen molar-refractivity contribution in [1.29, 1.82) is 0 Å². The number of aromatic nitrogens is 2. The second kappa shape index (κ2) is 22.8. The molecule has 55 heavy (non-hydrogen) atoms. The molecule has 2 heterocycles. The Labute approximate surface area is 359 Å². The van der Waals surface area contributed by atoms with E-state index in [0.717, 1.165) is 11.4 Å². The van der Waals surface area contributed by atoms with Gasteiger partial charge >= 0.3 is 37.5 Å². The molecule has 0 N–H and O–H groups in total. The first kappa shape index (κ1) is 44.8. The quantitative estimate of drug-likeness (QED) is 0.115. The van der Waals surface area contributed by atoms with Crippen LogP contribution in [0.4, 0.5) is 0 Å². The molecule has 8 rings (SSSR count). The molecule has 0 unspecified atom stereocenters. The van der Waals surface area contributed by atoms with Gasteiger partial charge in [-0.05, 0) is 96.9 Å². The molecule has 0 saturated heterocycles. The second-order valence-corrected chi connectivity index (χ2v) is 18.3. The third kappa shape index (κ3) is 10.7. The zero-order valence-corrected chi connectivity index (χ0v) is 35.1. The van der Waals surface area contributed by atoms with E-state index in [9.17, 15) is 0 Å². The van der Waals surface area contributed by atoms with Gasteiger partial charge in [-0.1, -0.05) is 133 Å². The molecule has 9 heteroatoms. The van der Waals surface area contributed by atoms with E-state index in [2.05, 4.69) is 183 Å². The molecule has 2 aliphatic rings. The summed E-state index contributed by atoms with van der Waals surface area (Å²) < 4.78 is 10.7. The van der Waals surface area contributed by atoms with E-state index in [1.165, 1.54) is 32.5 Å². The van der Waals surface area contributed by atoms with E-state index in [1.54, 1.807) is 0 Å². The summed E-state index contributed by atoms with van der Waals surface area (Å²) in [5.74, 6) is 0. The van der Waals surface area contributed by atoms with Gasteiger partial charge in [-0.25, -0.2) is 0 Å². The van der Waals surface area contributed by atoms with Gasteiger partial charge in [0.1, 0.15) is 0 Å². The Kier molecular flexibility index (Phi) is 18.5. The fraction of sp³-hybridized carbons (Fsp3) is 0.0435. The number of hydrogen-bond acceptors (Lipinski definition) is 4. The minimum Gasteiger partial charge on any atom is -1.00 e. The van der Waals surface area contributed by atoms with Crippen molar-refractivity contribution in [1.82, 2.24) is 9.97 Å². The first-order valence-corrected chi connectivity index (χ1v) is 20.9. The average Bonchev–Trinajstić information content (AvgIpc) is 3.98. The molecule has 0 atom stereocenters. The maximum absolute atomic E-state index is 5.36. The van der Waals surface area contributed by atoms with Gasteiger partial charge in [0.15, 0.2) is 0 Å². The van der Waals surface area contributed by atoms with Crippen LogP contribution in [0, 0.1) is 62.7 Å². The van der Waals surface area contributed by atoms with Crippen LogP contribution in [-0.2, 0) is 50.6 Å². The summed E-state index contributed by atoms with van der Waals surface area (Å²) in [5.41, 5.74) is 4.56. The SMILES string of the molecule is [CH]1[CH][CH][C](P(=NCc2ccccn2)(c2ccccc2)c2ccccc2)[CH]1.[CH]1[CH][CH][C](P(=NCc2ccccn2)(c2ccccc2)c2ccccc2)[CH]1.[Cl-].[Fe+2].[Pd+2]. The standard InChI is InChI=1S/2C23H20N2P.ClH.Fe.Pd/c2*1-3-12-21(13-4-1)26(23-16-7-8-17-23,22-14-5-2-6-15-22)25-19-20-11-9-10-18-24-20;;;/h2*1-18H,19H2;1H;;/q;;;2*+2/p-1. The largest absolute Gasteiger partial charge is 2.00 e. The molecular weight excluding hydrogens is 868 g/mol. The topological polar surface area (TPSA) is 50.5 Å². The summed E-state index contributed by atoms with van der Waals surface area (Å²) >= 11 is 0. The molecule has 4 nitrogen and oxygen atoms in total. The third-order valence-electron chi connectivity index (χ3n) is 8.90. The van der Waals surface area contributed by atoms with Crippen LogP contribution < -0.4 is 33.6 Å². The number of hydrogen-bond donors (Lipinski definition) is 0. The Morgan fingerprint density at radius 2 is 0.655 bits per heavy atom. The Bertz CT molecular complexity index is 1830. The van der Waals surface area contributed by atoms with Crippen LogP contribution >= 0.6 is 14.1 Å². The van der Waals surface area contributed by atoms with Gasteiger partial charge in [-0.3, -0.25) is 19.5 Å². The van der Waals surface area contributed by atoms with E-state index < -0.39 is 14.1 Å². The van der Waals surface area contributed by atoms with Gasteiger partial charge in [0.25, 0.3) is 0 Å². The van der Waals surface area contributed by atoms with Crippen molar-refractivity contribution < 1.29 is 49.9 Å². The van der Waals surface area contributed by atoms with Crippen molar-refractivity contribution in [2.75, 3.05) is 0 Å². The molecule has 0 spiro atoms. The first-order chi connectivity index (χ1) is 25.8. The van der Waals surface area contributed by atoms with E-state index in [0.29, 0.717) is 13.1 Å². The van der Waals surface area contributed by atoms with Gasteiger partial charge in [0.2, 0.25) is 0 Å². The van der Waals surface area contributed by atoms with Crippen LogP contribution in [-0.4, -0.2) is 9.97 Å². The Morgan fingerprint density at radius 1 is 0.382 bits per heavy atom. The molecule has 2 saturated carbocycles. The molecule has 6 aromatic rings. The zero-order chi connectivity index (χ0) is 35.3. The Morgan fingerprint density at radius 3 is 0.909 bits per heavy atom. The fourth-order valence-electron chi connectivity index (χ4n) is 6.46. The van der Waals surface area contributed by atoms with Crippen molar-refractivity contribution in [2.45, 2.75) is 13.1 Å². The minimum atomic E-state index is -2.09. The normalized spacial score (nSPS) is 14.3. The van der Waals surface area contributed by atoms with Crippen LogP contribution in [0.15, 0.2) is 180 Å². The Balaban J connectivity index is 0.000000232. The van der Waals surface area contributed by atoms with Crippen LogP contribution in [0.25, 0.3) is 0 Å². The summed E-state index contributed by atoms with van der Waals surface area (Å²) in [4.78, 5) is 8.95. The molecule has 276 valence electrons. The maximum atomic E-state index is 5.36. The number of rotatable bonds is 10. The summed E-state index contributed by atoms with van der Waals surface area (Å²) in [6.07, 6.45) is 20.9. The van der Waals surface area contributed by atoms with Gasteiger partial charge in [0.05, 0.1) is 24.5 Å². The third-order valence-corrected chi connectivity index (χ3v) is 16.3. The molecule has 0 aliphatic heterocycles. The van der Waals surface area contributed by atoms with Crippen molar-refractivity contribution in [3.05, 3.63) is 244 Å². The zero-order valence-electron chi connectivity index (χ0n) is 29.9. The summed E-state index contributed by atoms with van der Waals surface area (Å²) in [6, 6.07) is 54.7. The fourth-order valence-corrected chi connectivity index (χ4v) is 13.6. The van der Waals surface area contributed by atoms with Crippen LogP contribution in [0.1, 0.15) is 11.4 Å². The summed E-state index contributed by atoms with van der Waals surface area (Å²) in [5, 5.41) is 5.09. The van der Waals surface area contributed by atoms with Crippen molar-refractivity contribution in [2.24, 2.45) is 9.49 Å². The number of halogens is 1. The van der Waals surface area contributed by atoms with E-state index >= 15 is 0 Å². The average molecular weight is 909 g/mol. The van der Waals surface area contributed by atoms with Crippen LogP contribution in [0.3, 0.4) is 0 Å². The molecule has 10 radical (unpaired) electrons. The van der Waals surface area contributed by atoms with E-state index in [4.69, 9.17) is 9.49 Å². The van der Waals surface area contributed by atoms with Gasteiger partial charge < -0.3 is 12.4 Å². The predicted octanol–water partition coefficient (Wildman–Crippen LogP) is 6.59. The minimum absolute atomic E-state index is 0. The number of pyridine rings is 2. The van der Waals surface area contributed by atoms with Crippen molar-refractivity contribution >= 4 is 35.3 Å².